The Kier molecular flexibility index (Phi) is 5.55. The third kappa shape index (κ3) is 3.96. The average Bonchev–Trinajstić information content (AvgIpc) is 3.13. The Labute approximate surface area is 190 Å². The van der Waals surface area contributed by atoms with E-state index in [0.29, 0.717) is 43.5 Å². The number of fused-ring (bicyclic) bond motifs is 1. The van der Waals surface area contributed by atoms with E-state index in [4.69, 9.17) is 9.47 Å². The summed E-state index contributed by atoms with van der Waals surface area (Å²) < 4.78 is 51.8. The maximum Gasteiger partial charge on any atom is 0.251 e. The van der Waals surface area contributed by atoms with Crippen molar-refractivity contribution in [3.05, 3.63) is 48.3 Å². The van der Waals surface area contributed by atoms with E-state index in [1.165, 1.54) is 40.7 Å². The lowest BCUT2D eigenvalue weighted by Crippen LogP contribution is -2.53. The van der Waals surface area contributed by atoms with Crippen molar-refractivity contribution in [2.45, 2.75) is 17.4 Å². The maximum absolute atomic E-state index is 13.2. The smallest absolute Gasteiger partial charge is 0.251 e. The minimum Gasteiger partial charge on any atom is -0.486 e. The number of benzene rings is 2. The Hall–Kier alpha value is -3.02. The first-order valence-corrected chi connectivity index (χ1v) is 12.0. The fraction of sp³-hybridized carbons (Fsp3) is 0.364. The van der Waals surface area contributed by atoms with E-state index in [1.807, 2.05) is 4.90 Å². The lowest BCUT2D eigenvalue weighted by molar-refractivity contribution is -0.123. The number of sulfonamides is 1. The van der Waals surface area contributed by atoms with Gasteiger partial charge in [-0.05, 0) is 36.4 Å². The van der Waals surface area contributed by atoms with Crippen LogP contribution >= 0.6 is 0 Å². The summed E-state index contributed by atoms with van der Waals surface area (Å²) in [6.45, 7) is 1.77. The van der Waals surface area contributed by atoms with Crippen LogP contribution in [0.5, 0.6) is 11.5 Å². The van der Waals surface area contributed by atoms with Crippen molar-refractivity contribution < 1.29 is 31.9 Å². The lowest BCUT2D eigenvalue weighted by Gasteiger charge is -2.36. The van der Waals surface area contributed by atoms with Crippen LogP contribution in [0.1, 0.15) is 6.42 Å². The number of carbonyl (C=O) groups excluding carboxylic acids is 2. The molecule has 0 N–H and O–H groups in total. The summed E-state index contributed by atoms with van der Waals surface area (Å²) in [4.78, 5) is 28.5. The number of amides is 2. The summed E-state index contributed by atoms with van der Waals surface area (Å²) in [5.41, 5.74) is 0.328. The van der Waals surface area contributed by atoms with Crippen molar-refractivity contribution >= 4 is 27.5 Å². The Morgan fingerprint density at radius 1 is 0.879 bits per heavy atom. The van der Waals surface area contributed by atoms with Crippen LogP contribution in [0, 0.1) is 5.82 Å². The molecule has 2 fully saturated rings. The number of imide groups is 1. The SMILES string of the molecule is O=C1C[C@H](N2CCN(S(=O)(=O)c3ccc4c(c3)OCCO4)CC2)C(=O)N1c1ccc(F)cc1. The van der Waals surface area contributed by atoms with Crippen LogP contribution < -0.4 is 14.4 Å². The molecule has 174 valence electrons. The van der Waals surface area contributed by atoms with Crippen LogP contribution in [0.15, 0.2) is 47.4 Å². The van der Waals surface area contributed by atoms with Crippen LogP contribution in [0.4, 0.5) is 10.1 Å². The van der Waals surface area contributed by atoms with Gasteiger partial charge >= 0.3 is 0 Å². The molecule has 3 aliphatic heterocycles. The molecule has 2 saturated heterocycles. The van der Waals surface area contributed by atoms with Gasteiger partial charge < -0.3 is 9.47 Å². The van der Waals surface area contributed by atoms with Gasteiger partial charge in [-0.3, -0.25) is 14.5 Å². The summed E-state index contributed by atoms with van der Waals surface area (Å²) in [7, 11) is -3.75. The average molecular weight is 475 g/mol. The highest BCUT2D eigenvalue weighted by Crippen LogP contribution is 2.34. The predicted octanol–water partition coefficient (Wildman–Crippen LogP) is 1.24. The Morgan fingerprint density at radius 2 is 1.55 bits per heavy atom. The first kappa shape index (κ1) is 21.8. The molecule has 0 spiro atoms. The highest BCUT2D eigenvalue weighted by Gasteiger charge is 2.44. The van der Waals surface area contributed by atoms with Crippen molar-refractivity contribution in [2.75, 3.05) is 44.3 Å². The maximum atomic E-state index is 13.2. The van der Waals surface area contributed by atoms with Gasteiger partial charge in [-0.15, -0.1) is 0 Å². The van der Waals surface area contributed by atoms with Gasteiger partial charge in [-0.1, -0.05) is 0 Å². The normalized spacial score (nSPS) is 22.1. The molecular formula is C22H22FN3O6S. The first-order chi connectivity index (χ1) is 15.8. The molecule has 9 nitrogen and oxygen atoms in total. The largest absolute Gasteiger partial charge is 0.486 e. The van der Waals surface area contributed by atoms with Gasteiger partial charge in [-0.25, -0.2) is 17.7 Å². The Balaban J connectivity index is 1.27. The second-order valence-corrected chi connectivity index (χ2v) is 9.95. The molecule has 1 atom stereocenters. The number of anilines is 1. The summed E-state index contributed by atoms with van der Waals surface area (Å²) >= 11 is 0. The number of nitrogens with zero attached hydrogens (tertiary/aromatic N) is 3. The number of ether oxygens (including phenoxy) is 2. The molecule has 0 aliphatic carbocycles. The third-order valence-corrected chi connectivity index (χ3v) is 7.97. The van der Waals surface area contributed by atoms with Gasteiger partial charge in [0.2, 0.25) is 15.9 Å². The van der Waals surface area contributed by atoms with Crippen LogP contribution in [0.25, 0.3) is 0 Å². The van der Waals surface area contributed by atoms with Gasteiger partial charge in [0, 0.05) is 32.2 Å². The second-order valence-electron chi connectivity index (χ2n) is 8.01. The van der Waals surface area contributed by atoms with Crippen molar-refractivity contribution in [1.82, 2.24) is 9.21 Å². The summed E-state index contributed by atoms with van der Waals surface area (Å²) in [6.07, 6.45) is 0.00508. The topological polar surface area (TPSA) is 96.5 Å². The van der Waals surface area contributed by atoms with Gasteiger partial charge in [0.15, 0.2) is 11.5 Å². The van der Waals surface area contributed by atoms with Gasteiger partial charge in [0.25, 0.3) is 5.91 Å². The van der Waals surface area contributed by atoms with Crippen molar-refractivity contribution in [3.63, 3.8) is 0 Å². The van der Waals surface area contributed by atoms with Gasteiger partial charge in [0.05, 0.1) is 23.0 Å². The van der Waals surface area contributed by atoms with Gasteiger partial charge in [0.1, 0.15) is 19.0 Å². The standard InChI is InChI=1S/C22H22FN3O6S/c23-15-1-3-16(4-2-15)26-21(27)14-18(22(26)28)24-7-9-25(10-8-24)33(29,30)17-5-6-19-20(13-17)32-12-11-31-19/h1-6,13,18H,7-12,14H2/t18-/m0/s1. The number of hydrogen-bond donors (Lipinski definition) is 0. The number of hydrogen-bond acceptors (Lipinski definition) is 7. The van der Waals surface area contributed by atoms with E-state index < -0.39 is 21.9 Å². The van der Waals surface area contributed by atoms with E-state index in [0.717, 1.165) is 4.90 Å². The van der Waals surface area contributed by atoms with Crippen LogP contribution in [-0.2, 0) is 19.6 Å². The second kappa shape index (κ2) is 8.40. The first-order valence-electron chi connectivity index (χ1n) is 10.6. The van der Waals surface area contributed by atoms with E-state index in [2.05, 4.69) is 0 Å². The summed E-state index contributed by atoms with van der Waals surface area (Å²) in [6, 6.07) is 9.07. The molecule has 0 unspecified atom stereocenters. The van der Waals surface area contributed by atoms with Crippen molar-refractivity contribution in [2.24, 2.45) is 0 Å². The Bertz CT molecular complexity index is 1200. The zero-order valence-electron chi connectivity index (χ0n) is 17.6. The molecule has 33 heavy (non-hydrogen) atoms. The monoisotopic (exact) mass is 475 g/mol. The zero-order valence-corrected chi connectivity index (χ0v) is 18.5. The fourth-order valence-electron chi connectivity index (χ4n) is 4.35. The molecule has 11 heteroatoms. The minimum atomic E-state index is -3.75. The van der Waals surface area contributed by atoms with E-state index in [9.17, 15) is 22.4 Å². The number of halogens is 1. The van der Waals surface area contributed by atoms with Crippen molar-refractivity contribution in [1.29, 1.82) is 0 Å². The number of carbonyl (C=O) groups is 2. The molecule has 3 heterocycles. The molecule has 0 aromatic heterocycles. The molecule has 0 saturated carbocycles. The molecule has 2 aromatic rings. The summed E-state index contributed by atoms with van der Waals surface area (Å²) in [5.74, 6) is -0.278. The van der Waals surface area contributed by atoms with Crippen molar-refractivity contribution in [3.8, 4) is 11.5 Å². The predicted molar refractivity (Wildman–Crippen MR) is 115 cm³/mol. The van der Waals surface area contributed by atoms with E-state index >= 15 is 0 Å². The molecule has 2 amide bonds. The Morgan fingerprint density at radius 3 is 2.24 bits per heavy atom. The van der Waals surface area contributed by atoms with E-state index in [-0.39, 0.29) is 36.2 Å². The molecule has 3 aliphatic rings. The summed E-state index contributed by atoms with van der Waals surface area (Å²) in [5, 5.41) is 0. The molecule has 5 rings (SSSR count). The molecule has 2 aromatic carbocycles. The van der Waals surface area contributed by atoms with Crippen LogP contribution in [0.2, 0.25) is 0 Å². The molecular weight excluding hydrogens is 453 g/mol. The lowest BCUT2D eigenvalue weighted by atomic mass is 10.2. The fourth-order valence-corrected chi connectivity index (χ4v) is 5.79. The van der Waals surface area contributed by atoms with Crippen LogP contribution in [-0.4, -0.2) is 74.9 Å². The van der Waals surface area contributed by atoms with E-state index in [1.54, 1.807) is 6.07 Å². The van der Waals surface area contributed by atoms with Crippen LogP contribution in [0.3, 0.4) is 0 Å². The minimum absolute atomic E-state index is 0.00508. The van der Waals surface area contributed by atoms with Gasteiger partial charge in [-0.2, -0.15) is 4.31 Å². The molecule has 0 radical (unpaired) electrons. The third-order valence-electron chi connectivity index (χ3n) is 6.07. The number of rotatable bonds is 4. The number of piperazine rings is 1. The zero-order chi connectivity index (χ0) is 23.2. The molecule has 0 bridgehead atoms. The quantitative estimate of drug-likeness (QED) is 0.614. The highest BCUT2D eigenvalue weighted by atomic mass is 32.2. The highest BCUT2D eigenvalue weighted by molar-refractivity contribution is 7.89.